The van der Waals surface area contributed by atoms with Crippen molar-refractivity contribution in [3.8, 4) is 11.5 Å². The van der Waals surface area contributed by atoms with Crippen LogP contribution in [0.2, 0.25) is 0 Å². The van der Waals surface area contributed by atoms with E-state index in [4.69, 9.17) is 4.74 Å². The Morgan fingerprint density at radius 3 is 2.35 bits per heavy atom. The van der Waals surface area contributed by atoms with Gasteiger partial charge in [0, 0.05) is 11.6 Å². The van der Waals surface area contributed by atoms with Crippen molar-refractivity contribution in [2.24, 2.45) is 5.92 Å². The van der Waals surface area contributed by atoms with Gasteiger partial charge in [0.05, 0.1) is 18.2 Å². The molecule has 1 aliphatic carbocycles. The first-order valence-electron chi connectivity index (χ1n) is 12.1. The fourth-order valence-corrected chi connectivity index (χ4v) is 4.94. The molecule has 1 amide bonds. The Balaban J connectivity index is 1.78. The smallest absolute Gasteiger partial charge is 0.295 e. The van der Waals surface area contributed by atoms with Crippen LogP contribution < -0.4 is 4.74 Å². The Hall–Kier alpha value is -3.28. The zero-order valence-corrected chi connectivity index (χ0v) is 20.1. The minimum atomic E-state index is -0.694. The lowest BCUT2D eigenvalue weighted by atomic mass is 9.91. The number of nitrogens with zero attached hydrogens (tertiary/aromatic N) is 1. The molecule has 0 radical (unpaired) electrons. The van der Waals surface area contributed by atoms with Gasteiger partial charge in [-0.1, -0.05) is 45.2 Å². The van der Waals surface area contributed by atoms with Gasteiger partial charge in [-0.15, -0.1) is 0 Å². The maximum atomic E-state index is 13.3. The molecule has 2 fully saturated rings. The van der Waals surface area contributed by atoms with Gasteiger partial charge >= 0.3 is 0 Å². The summed E-state index contributed by atoms with van der Waals surface area (Å²) in [5.74, 6) is -0.213. The molecular formula is C28H33NO5. The van der Waals surface area contributed by atoms with Gasteiger partial charge in [0.1, 0.15) is 17.3 Å². The van der Waals surface area contributed by atoms with Gasteiger partial charge in [0.25, 0.3) is 11.7 Å². The van der Waals surface area contributed by atoms with E-state index in [2.05, 4.69) is 13.8 Å². The summed E-state index contributed by atoms with van der Waals surface area (Å²) in [5.41, 5.74) is 2.10. The van der Waals surface area contributed by atoms with Gasteiger partial charge in [-0.05, 0) is 67.1 Å². The average molecular weight is 464 g/mol. The third-order valence-corrected chi connectivity index (χ3v) is 6.68. The molecule has 180 valence electrons. The van der Waals surface area contributed by atoms with Gasteiger partial charge in [0.15, 0.2) is 0 Å². The van der Waals surface area contributed by atoms with Crippen molar-refractivity contribution in [1.82, 2.24) is 4.90 Å². The fourth-order valence-electron chi connectivity index (χ4n) is 4.94. The molecule has 2 aromatic rings. The predicted octanol–water partition coefficient (Wildman–Crippen LogP) is 5.49. The number of carbonyl (C=O) groups excluding carboxylic acids is 2. The summed E-state index contributed by atoms with van der Waals surface area (Å²) in [6.07, 6.45) is 4.81. The number of phenolic OH excluding ortho intramolecular Hbond substituents is 1. The number of hydrogen-bond donors (Lipinski definition) is 2. The molecule has 4 rings (SSSR count). The highest BCUT2D eigenvalue weighted by Gasteiger charge is 2.48. The second-order valence-corrected chi connectivity index (χ2v) is 9.77. The number of aryl methyl sites for hydroxylation is 1. The Morgan fingerprint density at radius 1 is 1.06 bits per heavy atom. The van der Waals surface area contributed by atoms with Crippen LogP contribution in [0.3, 0.4) is 0 Å². The summed E-state index contributed by atoms with van der Waals surface area (Å²) in [6.45, 7) is 6.62. The summed E-state index contributed by atoms with van der Waals surface area (Å²) in [7, 11) is 0. The Kier molecular flexibility index (Phi) is 6.96. The molecule has 1 saturated heterocycles. The maximum Gasteiger partial charge on any atom is 0.295 e. The number of phenols is 1. The van der Waals surface area contributed by atoms with Crippen molar-refractivity contribution in [3.05, 3.63) is 64.7 Å². The molecular weight excluding hydrogens is 430 g/mol. The quantitative estimate of drug-likeness (QED) is 0.336. The van der Waals surface area contributed by atoms with E-state index < -0.39 is 17.7 Å². The molecule has 1 atom stereocenters. The third-order valence-electron chi connectivity index (χ3n) is 6.68. The number of benzene rings is 2. The molecule has 6 nitrogen and oxygen atoms in total. The van der Waals surface area contributed by atoms with E-state index in [1.54, 1.807) is 47.4 Å². The SMILES string of the molecule is Cc1cc(/C(O)=C2/C(=O)C(=O)N(C3CCCCC3)C2c2ccc(O)cc2)ccc1OCC(C)C. The van der Waals surface area contributed by atoms with Crippen molar-refractivity contribution in [2.45, 2.75) is 65.0 Å². The average Bonchev–Trinajstić information content (AvgIpc) is 3.09. The van der Waals surface area contributed by atoms with E-state index in [9.17, 15) is 19.8 Å². The minimum absolute atomic E-state index is 0.0529. The fraction of sp³-hybridized carbons (Fsp3) is 0.429. The highest BCUT2D eigenvalue weighted by atomic mass is 16.5. The molecule has 2 N–H and O–H groups in total. The zero-order valence-electron chi connectivity index (χ0n) is 20.1. The summed E-state index contributed by atoms with van der Waals surface area (Å²) in [6, 6.07) is 11.1. The van der Waals surface area contributed by atoms with Crippen LogP contribution in [0.5, 0.6) is 11.5 Å². The van der Waals surface area contributed by atoms with Gasteiger partial charge in [-0.3, -0.25) is 9.59 Å². The standard InChI is InChI=1S/C28H33NO5/c1-17(2)16-34-23-14-11-20(15-18(23)3)26(31)24-25(19-9-12-22(30)13-10-19)29(28(33)27(24)32)21-7-5-4-6-8-21/h9-15,17,21,25,30-31H,4-8,16H2,1-3H3/b26-24-. The molecule has 1 aliphatic heterocycles. The van der Waals surface area contributed by atoms with E-state index >= 15 is 0 Å². The largest absolute Gasteiger partial charge is 0.508 e. The molecule has 2 aromatic carbocycles. The van der Waals surface area contributed by atoms with E-state index in [0.29, 0.717) is 23.7 Å². The highest BCUT2D eigenvalue weighted by Crippen LogP contribution is 2.43. The molecule has 1 unspecified atom stereocenters. The van der Waals surface area contributed by atoms with Crippen molar-refractivity contribution >= 4 is 17.4 Å². The van der Waals surface area contributed by atoms with Crippen LogP contribution in [0.25, 0.3) is 5.76 Å². The summed E-state index contributed by atoms with van der Waals surface area (Å²) >= 11 is 0. The molecule has 6 heteroatoms. The second-order valence-electron chi connectivity index (χ2n) is 9.77. The molecule has 0 bridgehead atoms. The van der Waals surface area contributed by atoms with Crippen LogP contribution in [0.15, 0.2) is 48.0 Å². The molecule has 0 spiro atoms. The van der Waals surface area contributed by atoms with Gasteiger partial charge in [0.2, 0.25) is 0 Å². The number of likely N-dealkylation sites (tertiary alicyclic amines) is 1. The number of carbonyl (C=O) groups is 2. The number of rotatable bonds is 6. The summed E-state index contributed by atoms with van der Waals surface area (Å²) in [5, 5.41) is 21.1. The molecule has 1 saturated carbocycles. The summed E-state index contributed by atoms with van der Waals surface area (Å²) in [4.78, 5) is 28.2. The number of aromatic hydroxyl groups is 1. The van der Waals surface area contributed by atoms with Crippen LogP contribution in [-0.4, -0.2) is 39.5 Å². The summed E-state index contributed by atoms with van der Waals surface area (Å²) < 4.78 is 5.84. The highest BCUT2D eigenvalue weighted by molar-refractivity contribution is 6.46. The van der Waals surface area contributed by atoms with Gasteiger partial charge < -0.3 is 19.8 Å². The lowest BCUT2D eigenvalue weighted by molar-refractivity contribution is -0.141. The number of amides is 1. The zero-order chi connectivity index (χ0) is 24.4. The van der Waals surface area contributed by atoms with Gasteiger partial charge in [-0.2, -0.15) is 0 Å². The number of Topliss-reactive ketones (excluding diaryl/α,β-unsaturated/α-hetero) is 1. The second kappa shape index (κ2) is 9.92. The van der Waals surface area contributed by atoms with Crippen LogP contribution >= 0.6 is 0 Å². The monoisotopic (exact) mass is 463 g/mol. The van der Waals surface area contributed by atoms with Crippen LogP contribution in [0.1, 0.15) is 68.7 Å². The van der Waals surface area contributed by atoms with Crippen molar-refractivity contribution < 1.29 is 24.5 Å². The molecule has 1 heterocycles. The number of aliphatic hydroxyl groups excluding tert-OH is 1. The number of hydrogen-bond acceptors (Lipinski definition) is 5. The van der Waals surface area contributed by atoms with Crippen LogP contribution in [0.4, 0.5) is 0 Å². The first-order valence-corrected chi connectivity index (χ1v) is 12.1. The Labute approximate surface area is 200 Å². The van der Waals surface area contributed by atoms with E-state index in [1.165, 1.54) is 0 Å². The first-order chi connectivity index (χ1) is 16.3. The molecule has 2 aliphatic rings. The Morgan fingerprint density at radius 2 is 1.74 bits per heavy atom. The topological polar surface area (TPSA) is 87.1 Å². The minimum Gasteiger partial charge on any atom is -0.508 e. The number of aliphatic hydroxyl groups is 1. The lowest BCUT2D eigenvalue weighted by Gasteiger charge is -2.35. The van der Waals surface area contributed by atoms with Crippen molar-refractivity contribution in [3.63, 3.8) is 0 Å². The van der Waals surface area contributed by atoms with Crippen molar-refractivity contribution in [2.75, 3.05) is 6.61 Å². The maximum absolute atomic E-state index is 13.3. The van der Waals surface area contributed by atoms with E-state index in [-0.39, 0.29) is 23.1 Å². The number of ketones is 1. The van der Waals surface area contributed by atoms with E-state index in [1.807, 2.05) is 6.92 Å². The molecule has 0 aromatic heterocycles. The predicted molar refractivity (Wildman–Crippen MR) is 131 cm³/mol. The lowest BCUT2D eigenvalue weighted by Crippen LogP contribution is -2.40. The van der Waals surface area contributed by atoms with Crippen LogP contribution in [0, 0.1) is 12.8 Å². The normalized spacial score (nSPS) is 20.8. The van der Waals surface area contributed by atoms with Crippen LogP contribution in [-0.2, 0) is 9.59 Å². The third kappa shape index (κ3) is 4.67. The van der Waals surface area contributed by atoms with Gasteiger partial charge in [-0.25, -0.2) is 0 Å². The number of ether oxygens (including phenoxy) is 1. The molecule has 34 heavy (non-hydrogen) atoms. The van der Waals surface area contributed by atoms with Crippen molar-refractivity contribution in [1.29, 1.82) is 0 Å². The van der Waals surface area contributed by atoms with E-state index in [0.717, 1.165) is 43.4 Å². The Bertz CT molecular complexity index is 1100. The first kappa shape index (κ1) is 23.9.